The number of carbonyl (C=O) groups is 1. The molecule has 8 nitrogen and oxygen atoms in total. The van der Waals surface area contributed by atoms with E-state index in [2.05, 4.69) is 26.2 Å². The van der Waals surface area contributed by atoms with Crippen LogP contribution in [0, 0.1) is 25.2 Å². The third kappa shape index (κ3) is 4.25. The van der Waals surface area contributed by atoms with E-state index in [4.69, 9.17) is 4.74 Å². The number of anilines is 1. The highest BCUT2D eigenvalue weighted by Crippen LogP contribution is 2.29. The van der Waals surface area contributed by atoms with Gasteiger partial charge in [0.1, 0.15) is 17.7 Å². The summed E-state index contributed by atoms with van der Waals surface area (Å²) in [5, 5.41) is 22.0. The average Bonchev–Trinajstić information content (AvgIpc) is 3.39. The Labute approximate surface area is 181 Å². The van der Waals surface area contributed by atoms with Crippen LogP contribution in [0.5, 0.6) is 0 Å². The molecular formula is C21H28N6O2S. The molecule has 1 N–H and O–H groups in total. The highest BCUT2D eigenvalue weighted by molar-refractivity contribution is 7.99. The molecule has 0 aromatic carbocycles. The number of amides is 1. The van der Waals surface area contributed by atoms with Crippen molar-refractivity contribution in [2.45, 2.75) is 76.7 Å². The number of thioether (sulfide) groups is 1. The van der Waals surface area contributed by atoms with Crippen molar-refractivity contribution in [3.8, 4) is 6.07 Å². The molecule has 0 aliphatic carbocycles. The van der Waals surface area contributed by atoms with E-state index >= 15 is 0 Å². The van der Waals surface area contributed by atoms with Gasteiger partial charge in [-0.05, 0) is 45.1 Å². The lowest BCUT2D eigenvalue weighted by Gasteiger charge is -2.16. The molecule has 160 valence electrons. The monoisotopic (exact) mass is 428 g/mol. The Balaban J connectivity index is 1.47. The van der Waals surface area contributed by atoms with Crippen molar-refractivity contribution in [3.05, 3.63) is 22.6 Å². The molecule has 0 saturated carbocycles. The predicted octanol–water partition coefficient (Wildman–Crippen LogP) is 3.20. The lowest BCUT2D eigenvalue weighted by Crippen LogP contribution is -2.22. The number of nitrogens with zero attached hydrogens (tertiary/aromatic N) is 5. The van der Waals surface area contributed by atoms with Gasteiger partial charge in [0.2, 0.25) is 5.91 Å². The molecule has 2 aliphatic heterocycles. The molecule has 30 heavy (non-hydrogen) atoms. The zero-order chi connectivity index (χ0) is 21.1. The normalized spacial score (nSPS) is 18.6. The summed E-state index contributed by atoms with van der Waals surface area (Å²) in [6.45, 7) is 6.25. The molecule has 4 rings (SSSR count). The number of carbonyl (C=O) groups excluding carboxylic acids is 1. The Morgan fingerprint density at radius 2 is 2.17 bits per heavy atom. The average molecular weight is 429 g/mol. The first-order chi connectivity index (χ1) is 14.6. The summed E-state index contributed by atoms with van der Waals surface area (Å²) in [6, 6.07) is 2.26. The highest BCUT2D eigenvalue weighted by atomic mass is 32.2. The van der Waals surface area contributed by atoms with E-state index in [1.54, 1.807) is 0 Å². The summed E-state index contributed by atoms with van der Waals surface area (Å²) in [5.41, 5.74) is 2.43. The van der Waals surface area contributed by atoms with Crippen LogP contribution in [0.25, 0.3) is 0 Å². The first-order valence-electron chi connectivity index (χ1n) is 10.6. The van der Waals surface area contributed by atoms with Crippen LogP contribution in [-0.4, -0.2) is 43.7 Å². The third-order valence-corrected chi connectivity index (χ3v) is 6.98. The number of aryl methyl sites for hydroxylation is 1. The van der Waals surface area contributed by atoms with E-state index in [0.717, 1.165) is 67.5 Å². The van der Waals surface area contributed by atoms with Crippen molar-refractivity contribution in [2.75, 3.05) is 17.7 Å². The van der Waals surface area contributed by atoms with Gasteiger partial charge in [-0.2, -0.15) is 5.26 Å². The van der Waals surface area contributed by atoms with Crippen molar-refractivity contribution in [3.63, 3.8) is 0 Å². The molecule has 2 aromatic heterocycles. The van der Waals surface area contributed by atoms with Crippen LogP contribution in [0.2, 0.25) is 0 Å². The molecular weight excluding hydrogens is 400 g/mol. The SMILES string of the molecule is Cc1c(C#N)c(NC(=O)CSc2nnc3n2CCCCC3)n(CC2CCCO2)c1C. The predicted molar refractivity (Wildman–Crippen MR) is 115 cm³/mol. The van der Waals surface area contributed by atoms with Gasteiger partial charge < -0.3 is 19.2 Å². The minimum absolute atomic E-state index is 0.124. The highest BCUT2D eigenvalue weighted by Gasteiger charge is 2.24. The van der Waals surface area contributed by atoms with Gasteiger partial charge in [-0.15, -0.1) is 10.2 Å². The fourth-order valence-corrected chi connectivity index (χ4v) is 5.00. The fourth-order valence-electron chi connectivity index (χ4n) is 4.21. The van der Waals surface area contributed by atoms with E-state index in [-0.39, 0.29) is 17.8 Å². The second-order valence-electron chi connectivity index (χ2n) is 7.99. The Morgan fingerprint density at radius 1 is 1.30 bits per heavy atom. The standard InChI is InChI=1S/C21H28N6O2S/c1-14-15(2)27(12-16-7-6-10-29-16)20(17(14)11-22)23-19(28)13-30-21-25-24-18-8-4-3-5-9-26(18)21/h16H,3-10,12-13H2,1-2H3,(H,23,28). The van der Waals surface area contributed by atoms with Crippen LogP contribution >= 0.6 is 11.8 Å². The Bertz CT molecular complexity index is 967. The van der Waals surface area contributed by atoms with E-state index in [9.17, 15) is 10.1 Å². The van der Waals surface area contributed by atoms with Gasteiger partial charge >= 0.3 is 0 Å². The topological polar surface area (TPSA) is 97.8 Å². The second kappa shape index (κ2) is 9.23. The second-order valence-corrected chi connectivity index (χ2v) is 8.93. The molecule has 1 unspecified atom stereocenters. The first-order valence-corrected chi connectivity index (χ1v) is 11.6. The molecule has 1 saturated heterocycles. The fraction of sp³-hybridized carbons (Fsp3) is 0.619. The van der Waals surface area contributed by atoms with Gasteiger partial charge in [0.15, 0.2) is 5.16 Å². The lowest BCUT2D eigenvalue weighted by molar-refractivity contribution is -0.113. The Hall–Kier alpha value is -2.31. The summed E-state index contributed by atoms with van der Waals surface area (Å²) in [5.74, 6) is 1.67. The smallest absolute Gasteiger partial charge is 0.235 e. The van der Waals surface area contributed by atoms with Gasteiger partial charge in [-0.25, -0.2) is 0 Å². The molecule has 4 heterocycles. The van der Waals surface area contributed by atoms with Gasteiger partial charge in [-0.1, -0.05) is 18.2 Å². The zero-order valence-electron chi connectivity index (χ0n) is 17.6. The number of rotatable bonds is 6. The number of nitrogens with one attached hydrogen (secondary N) is 1. The van der Waals surface area contributed by atoms with Crippen molar-refractivity contribution < 1.29 is 9.53 Å². The molecule has 1 amide bonds. The molecule has 2 aliphatic rings. The Morgan fingerprint density at radius 3 is 2.93 bits per heavy atom. The van der Waals surface area contributed by atoms with Gasteiger partial charge in [0.25, 0.3) is 0 Å². The third-order valence-electron chi connectivity index (χ3n) is 6.02. The molecule has 9 heteroatoms. The van der Waals surface area contributed by atoms with Crippen molar-refractivity contribution >= 4 is 23.5 Å². The molecule has 1 atom stereocenters. The van der Waals surface area contributed by atoms with Crippen LogP contribution in [0.3, 0.4) is 0 Å². The molecule has 0 bridgehead atoms. The summed E-state index contributed by atoms with van der Waals surface area (Å²) in [6.07, 6.45) is 6.58. The summed E-state index contributed by atoms with van der Waals surface area (Å²) in [4.78, 5) is 12.8. The zero-order valence-corrected chi connectivity index (χ0v) is 18.4. The van der Waals surface area contributed by atoms with E-state index < -0.39 is 0 Å². The lowest BCUT2D eigenvalue weighted by atomic mass is 10.2. The minimum atomic E-state index is -0.145. The van der Waals surface area contributed by atoms with Crippen molar-refractivity contribution in [2.24, 2.45) is 0 Å². The maximum Gasteiger partial charge on any atom is 0.235 e. The number of nitriles is 1. The largest absolute Gasteiger partial charge is 0.376 e. The Kier molecular flexibility index (Phi) is 6.44. The number of hydrogen-bond acceptors (Lipinski definition) is 6. The number of aromatic nitrogens is 4. The maximum absolute atomic E-state index is 12.8. The summed E-state index contributed by atoms with van der Waals surface area (Å²) >= 11 is 1.40. The summed E-state index contributed by atoms with van der Waals surface area (Å²) < 4.78 is 9.94. The van der Waals surface area contributed by atoms with Crippen LogP contribution in [0.1, 0.15) is 54.7 Å². The van der Waals surface area contributed by atoms with Crippen LogP contribution in [0.15, 0.2) is 5.16 Å². The van der Waals surface area contributed by atoms with Gasteiger partial charge in [-0.3, -0.25) is 4.79 Å². The maximum atomic E-state index is 12.8. The van der Waals surface area contributed by atoms with Gasteiger partial charge in [0, 0.05) is 25.3 Å². The minimum Gasteiger partial charge on any atom is -0.376 e. The van der Waals surface area contributed by atoms with Crippen molar-refractivity contribution in [1.29, 1.82) is 5.26 Å². The quantitative estimate of drug-likeness (QED) is 0.710. The van der Waals surface area contributed by atoms with E-state index in [0.29, 0.717) is 17.9 Å². The molecule has 0 spiro atoms. The summed E-state index contributed by atoms with van der Waals surface area (Å²) in [7, 11) is 0. The van der Waals surface area contributed by atoms with E-state index in [1.807, 2.05) is 18.4 Å². The number of fused-ring (bicyclic) bond motifs is 1. The molecule has 2 aromatic rings. The molecule has 1 fully saturated rings. The number of ether oxygens (including phenoxy) is 1. The molecule has 0 radical (unpaired) electrons. The van der Waals surface area contributed by atoms with Crippen molar-refractivity contribution in [1.82, 2.24) is 19.3 Å². The van der Waals surface area contributed by atoms with Crippen LogP contribution in [0.4, 0.5) is 5.82 Å². The van der Waals surface area contributed by atoms with Crippen LogP contribution in [-0.2, 0) is 29.0 Å². The van der Waals surface area contributed by atoms with Crippen LogP contribution < -0.4 is 5.32 Å². The van der Waals surface area contributed by atoms with E-state index in [1.165, 1.54) is 18.2 Å². The van der Waals surface area contributed by atoms with Gasteiger partial charge in [0.05, 0.1) is 24.0 Å². The number of hydrogen-bond donors (Lipinski definition) is 1. The first kappa shape index (κ1) is 20.9.